The van der Waals surface area contributed by atoms with Gasteiger partial charge in [0, 0.05) is 33.4 Å². The van der Waals surface area contributed by atoms with Crippen LogP contribution in [0.2, 0.25) is 0 Å². The van der Waals surface area contributed by atoms with Gasteiger partial charge in [-0.3, -0.25) is 0 Å². The van der Waals surface area contributed by atoms with Gasteiger partial charge >= 0.3 is 0 Å². The highest BCUT2D eigenvalue weighted by atomic mass is 15.0. The maximum atomic E-state index is 5.12. The first-order chi connectivity index (χ1) is 30.0. The van der Waals surface area contributed by atoms with Crippen LogP contribution in [-0.4, -0.2) is 24.9 Å². The van der Waals surface area contributed by atoms with E-state index in [1.54, 1.807) is 0 Å². The average molecular weight is 788 g/mol. The summed E-state index contributed by atoms with van der Waals surface area (Å²) in [5, 5.41) is 2.26. The molecule has 0 amide bonds. The molecule has 2 unspecified atom stereocenters. The van der Waals surface area contributed by atoms with Crippen molar-refractivity contribution in [3.8, 4) is 79.2 Å². The van der Waals surface area contributed by atoms with Gasteiger partial charge in [0.1, 0.15) is 0 Å². The van der Waals surface area contributed by atoms with Gasteiger partial charge < -0.3 is 0 Å². The zero-order chi connectivity index (χ0) is 40.8. The van der Waals surface area contributed by atoms with Gasteiger partial charge in [-0.25, -0.2) is 24.9 Å². The highest BCUT2D eigenvalue weighted by Crippen LogP contribution is 2.51. The van der Waals surface area contributed by atoms with Crippen molar-refractivity contribution in [3.05, 3.63) is 188 Å². The first-order valence-corrected chi connectivity index (χ1v) is 21.6. The van der Waals surface area contributed by atoms with Gasteiger partial charge in [0.05, 0.1) is 11.4 Å². The van der Waals surface area contributed by atoms with Crippen molar-refractivity contribution < 1.29 is 0 Å². The van der Waals surface area contributed by atoms with E-state index in [-0.39, 0.29) is 5.41 Å². The Morgan fingerprint density at radius 2 is 0.787 bits per heavy atom. The number of hydrogen-bond acceptors (Lipinski definition) is 5. The lowest BCUT2D eigenvalue weighted by Gasteiger charge is -2.38. The highest BCUT2D eigenvalue weighted by molar-refractivity contribution is 5.91. The molecule has 2 aliphatic rings. The van der Waals surface area contributed by atoms with Crippen LogP contribution in [0.25, 0.3) is 90.0 Å². The Kier molecular flexibility index (Phi) is 9.38. The van der Waals surface area contributed by atoms with Gasteiger partial charge in [0.15, 0.2) is 23.3 Å². The molecular weight excluding hydrogens is 743 g/mol. The topological polar surface area (TPSA) is 64.5 Å². The Labute approximate surface area is 357 Å². The number of aromatic nitrogens is 5. The van der Waals surface area contributed by atoms with E-state index in [0.717, 1.165) is 78.5 Å². The Hall–Kier alpha value is -7.11. The van der Waals surface area contributed by atoms with Crippen molar-refractivity contribution >= 4 is 10.8 Å². The molecule has 2 fully saturated rings. The first kappa shape index (κ1) is 36.9. The minimum atomic E-state index is 0.242. The molecule has 0 aliphatic heterocycles. The predicted molar refractivity (Wildman–Crippen MR) is 248 cm³/mol. The second-order valence-corrected chi connectivity index (χ2v) is 17.3. The summed E-state index contributed by atoms with van der Waals surface area (Å²) >= 11 is 0. The van der Waals surface area contributed by atoms with E-state index in [9.17, 15) is 0 Å². The molecule has 2 bridgehead atoms. The van der Waals surface area contributed by atoms with Crippen LogP contribution in [0.1, 0.15) is 44.6 Å². The van der Waals surface area contributed by atoms with Crippen LogP contribution in [0.3, 0.4) is 0 Å². The van der Waals surface area contributed by atoms with Gasteiger partial charge in [-0.15, -0.1) is 0 Å². The fraction of sp³-hybridized carbons (Fsp3) is 0.161. The zero-order valence-corrected chi connectivity index (χ0v) is 34.2. The number of fused-ring (bicyclic) bond motifs is 3. The molecule has 3 atom stereocenters. The molecule has 2 aliphatic carbocycles. The van der Waals surface area contributed by atoms with E-state index < -0.39 is 0 Å². The summed E-state index contributed by atoms with van der Waals surface area (Å²) in [5.74, 6) is 4.49. The maximum absolute atomic E-state index is 5.12. The third kappa shape index (κ3) is 7.42. The molecular formula is C56H45N5. The largest absolute Gasteiger partial charge is 0.228 e. The summed E-state index contributed by atoms with van der Waals surface area (Å²) in [6.07, 6.45) is 6.81. The lowest BCUT2D eigenvalue weighted by atomic mass is 9.66. The Morgan fingerprint density at radius 3 is 1.39 bits per heavy atom. The van der Waals surface area contributed by atoms with Crippen LogP contribution >= 0.6 is 0 Å². The molecule has 294 valence electrons. The molecule has 2 heterocycles. The molecule has 7 aromatic carbocycles. The van der Waals surface area contributed by atoms with E-state index >= 15 is 0 Å². The van der Waals surface area contributed by atoms with Crippen LogP contribution in [0.15, 0.2) is 182 Å². The van der Waals surface area contributed by atoms with Crippen LogP contribution in [0, 0.1) is 11.8 Å². The molecule has 0 saturated heterocycles. The minimum Gasteiger partial charge on any atom is -0.228 e. The van der Waals surface area contributed by atoms with Crippen molar-refractivity contribution in [1.29, 1.82) is 0 Å². The fourth-order valence-corrected chi connectivity index (χ4v) is 10.0. The van der Waals surface area contributed by atoms with Gasteiger partial charge in [-0.2, -0.15) is 0 Å². The maximum Gasteiger partial charge on any atom is 0.164 e. The van der Waals surface area contributed by atoms with Crippen molar-refractivity contribution in [3.63, 3.8) is 0 Å². The lowest BCUT2D eigenvalue weighted by Crippen LogP contribution is -2.30. The summed E-state index contributed by atoms with van der Waals surface area (Å²) in [6.45, 7) is 2.48. The Morgan fingerprint density at radius 1 is 0.361 bits per heavy atom. The van der Waals surface area contributed by atoms with Gasteiger partial charge in [0.2, 0.25) is 0 Å². The summed E-state index contributed by atoms with van der Waals surface area (Å²) in [5.41, 5.74) is 11.7. The third-order valence-corrected chi connectivity index (χ3v) is 13.1. The summed E-state index contributed by atoms with van der Waals surface area (Å²) in [6, 6.07) is 63.7. The van der Waals surface area contributed by atoms with E-state index in [4.69, 9.17) is 24.9 Å². The molecule has 5 heteroatoms. The predicted octanol–water partition coefficient (Wildman–Crippen LogP) is 14.0. The standard InChI is InChI=1S/C56H45N5/c1-56(35-37-20-21-38(30-37)36-56)49-28-26-42(27-29-49)54-59-53(41-16-9-4-10-17-41)60-55(61-54)48-25-24-45-31-44(22-23-46(45)33-48)43-18-11-19-47(32-43)51-34-50(39-12-5-2-6-13-39)57-52(58-51)40-14-7-3-8-15-40/h2-19,22-29,31-34,37-38H,20-21,30,35-36H2,1H3/t37-,38?,56?/m0/s1. The van der Waals surface area contributed by atoms with Crippen LogP contribution in [-0.2, 0) is 5.41 Å². The minimum absolute atomic E-state index is 0.242. The van der Waals surface area contributed by atoms with Gasteiger partial charge in [-0.05, 0) is 88.2 Å². The van der Waals surface area contributed by atoms with E-state index in [1.165, 1.54) is 37.7 Å². The van der Waals surface area contributed by atoms with Crippen molar-refractivity contribution in [2.75, 3.05) is 0 Å². The third-order valence-electron chi connectivity index (χ3n) is 13.1. The summed E-state index contributed by atoms with van der Waals surface area (Å²) in [4.78, 5) is 25.3. The molecule has 2 aromatic heterocycles. The van der Waals surface area contributed by atoms with Crippen LogP contribution in [0.4, 0.5) is 0 Å². The summed E-state index contributed by atoms with van der Waals surface area (Å²) in [7, 11) is 0. The van der Waals surface area contributed by atoms with Crippen molar-refractivity contribution in [2.24, 2.45) is 11.8 Å². The second kappa shape index (κ2) is 15.5. The van der Waals surface area contributed by atoms with Crippen LogP contribution < -0.4 is 0 Å². The zero-order valence-electron chi connectivity index (χ0n) is 34.2. The number of benzene rings is 7. The fourth-order valence-electron chi connectivity index (χ4n) is 10.0. The molecule has 61 heavy (non-hydrogen) atoms. The smallest absolute Gasteiger partial charge is 0.164 e. The number of nitrogens with zero attached hydrogens (tertiary/aromatic N) is 5. The van der Waals surface area contributed by atoms with Gasteiger partial charge in [-0.1, -0.05) is 177 Å². The number of rotatable bonds is 8. The van der Waals surface area contributed by atoms with E-state index in [2.05, 4.69) is 134 Å². The second-order valence-electron chi connectivity index (χ2n) is 17.3. The number of hydrogen-bond donors (Lipinski definition) is 0. The van der Waals surface area contributed by atoms with E-state index in [0.29, 0.717) is 23.3 Å². The first-order valence-electron chi connectivity index (χ1n) is 21.6. The molecule has 5 nitrogen and oxygen atoms in total. The van der Waals surface area contributed by atoms with Crippen molar-refractivity contribution in [1.82, 2.24) is 24.9 Å². The van der Waals surface area contributed by atoms with E-state index in [1.807, 2.05) is 54.6 Å². The Balaban J connectivity index is 0.920. The Bertz CT molecular complexity index is 2950. The molecule has 11 rings (SSSR count). The monoisotopic (exact) mass is 787 g/mol. The highest BCUT2D eigenvalue weighted by Gasteiger charge is 2.41. The van der Waals surface area contributed by atoms with Gasteiger partial charge in [0.25, 0.3) is 0 Å². The molecule has 0 radical (unpaired) electrons. The lowest BCUT2D eigenvalue weighted by molar-refractivity contribution is 0.232. The average Bonchev–Trinajstić information content (AvgIpc) is 3.69. The molecule has 2 saturated carbocycles. The summed E-state index contributed by atoms with van der Waals surface area (Å²) < 4.78 is 0. The molecule has 0 spiro atoms. The normalized spacial score (nSPS) is 18.3. The van der Waals surface area contributed by atoms with Crippen molar-refractivity contribution in [2.45, 2.75) is 44.4 Å². The quantitative estimate of drug-likeness (QED) is 0.153. The van der Waals surface area contributed by atoms with Crippen LogP contribution in [0.5, 0.6) is 0 Å². The molecule has 9 aromatic rings. The molecule has 0 N–H and O–H groups in total. The SMILES string of the molecule is CC1(c2ccc(-c3nc(-c4ccccc4)nc(-c4ccc5cc(-c6cccc(-c7cc(-c8ccccc8)nc(-c8ccccc8)n7)c6)ccc5c4)n3)cc2)CC2CC[C@@H](C2)C1.